The summed E-state index contributed by atoms with van der Waals surface area (Å²) in [6.07, 6.45) is -9.03. The fraction of sp³-hybridized carbons (Fsp3) is 0.333. The van der Waals surface area contributed by atoms with Crippen LogP contribution >= 0.6 is 0 Å². The molecular formula is C18H15F6NO. The van der Waals surface area contributed by atoms with Gasteiger partial charge in [-0.2, -0.15) is 26.3 Å². The highest BCUT2D eigenvalue weighted by molar-refractivity contribution is 5.62. The van der Waals surface area contributed by atoms with Crippen molar-refractivity contribution in [3.63, 3.8) is 0 Å². The van der Waals surface area contributed by atoms with Gasteiger partial charge in [0.1, 0.15) is 12.4 Å². The number of alkyl halides is 6. The molecule has 0 bridgehead atoms. The third-order valence-electron chi connectivity index (χ3n) is 4.26. The van der Waals surface area contributed by atoms with Gasteiger partial charge in [-0.15, -0.1) is 0 Å². The molecule has 0 amide bonds. The normalized spacial score (nSPS) is 14.5. The van der Waals surface area contributed by atoms with E-state index in [0.717, 1.165) is 17.8 Å². The Balaban J connectivity index is 1.89. The van der Waals surface area contributed by atoms with E-state index in [4.69, 9.17) is 4.74 Å². The van der Waals surface area contributed by atoms with Crippen molar-refractivity contribution in [1.82, 2.24) is 0 Å². The van der Waals surface area contributed by atoms with Crippen molar-refractivity contribution in [2.24, 2.45) is 0 Å². The molecule has 0 spiro atoms. The Bertz CT molecular complexity index is 780. The molecule has 8 heteroatoms. The summed E-state index contributed by atoms with van der Waals surface area (Å²) < 4.78 is 83.0. The second kappa shape index (κ2) is 6.41. The molecule has 26 heavy (non-hydrogen) atoms. The summed E-state index contributed by atoms with van der Waals surface area (Å²) in [5, 5.41) is 0. The number of ether oxygens (including phenoxy) is 1. The Morgan fingerprint density at radius 3 is 2.15 bits per heavy atom. The first-order chi connectivity index (χ1) is 12.1. The number of hydrogen-bond acceptors (Lipinski definition) is 2. The number of benzene rings is 2. The van der Waals surface area contributed by atoms with E-state index in [2.05, 4.69) is 0 Å². The molecule has 0 aromatic heterocycles. The zero-order valence-electron chi connectivity index (χ0n) is 13.7. The topological polar surface area (TPSA) is 12.5 Å². The molecule has 0 atom stereocenters. The Kier molecular flexibility index (Phi) is 4.54. The molecule has 1 aliphatic heterocycles. The fourth-order valence-electron chi connectivity index (χ4n) is 2.96. The molecule has 0 N–H and O–H groups in total. The fourth-order valence-corrected chi connectivity index (χ4v) is 2.96. The zero-order chi connectivity index (χ0) is 19.1. The van der Waals surface area contributed by atoms with Crippen LogP contribution in [0.1, 0.15) is 22.3 Å². The maximum atomic E-state index is 12.9. The third-order valence-corrected chi connectivity index (χ3v) is 4.26. The van der Waals surface area contributed by atoms with Crippen LogP contribution in [0.25, 0.3) is 0 Å². The monoisotopic (exact) mass is 375 g/mol. The van der Waals surface area contributed by atoms with E-state index in [1.54, 1.807) is 12.1 Å². The molecule has 0 aliphatic carbocycles. The second-order valence-electron chi connectivity index (χ2n) is 6.13. The van der Waals surface area contributed by atoms with Crippen LogP contribution in [0.4, 0.5) is 32.0 Å². The van der Waals surface area contributed by atoms with E-state index >= 15 is 0 Å². The predicted octanol–water partition coefficient (Wildman–Crippen LogP) is 5.30. The lowest BCUT2D eigenvalue weighted by atomic mass is 10.1. The molecule has 1 aliphatic rings. The van der Waals surface area contributed by atoms with Crippen LogP contribution in [0.5, 0.6) is 5.75 Å². The highest BCUT2D eigenvalue weighted by atomic mass is 19.4. The Hall–Kier alpha value is -2.38. The largest absolute Gasteiger partial charge is 0.489 e. The number of rotatable bonds is 3. The van der Waals surface area contributed by atoms with Crippen LogP contribution in [-0.2, 0) is 25.4 Å². The van der Waals surface area contributed by atoms with Gasteiger partial charge in [-0.3, -0.25) is 0 Å². The predicted molar refractivity (Wildman–Crippen MR) is 84.2 cm³/mol. The highest BCUT2D eigenvalue weighted by Crippen LogP contribution is 2.37. The van der Waals surface area contributed by atoms with Crippen molar-refractivity contribution in [3.05, 3.63) is 58.7 Å². The molecular weight excluding hydrogens is 360 g/mol. The van der Waals surface area contributed by atoms with Gasteiger partial charge in [0.25, 0.3) is 0 Å². The lowest BCUT2D eigenvalue weighted by Crippen LogP contribution is -2.12. The molecule has 140 valence electrons. The Morgan fingerprint density at radius 1 is 0.962 bits per heavy atom. The first-order valence-electron chi connectivity index (χ1n) is 7.80. The van der Waals surface area contributed by atoms with E-state index in [-0.39, 0.29) is 18.2 Å². The average Bonchev–Trinajstić information content (AvgIpc) is 2.93. The highest BCUT2D eigenvalue weighted by Gasteiger charge is 2.37. The van der Waals surface area contributed by atoms with Gasteiger partial charge in [-0.05, 0) is 42.3 Å². The van der Waals surface area contributed by atoms with E-state index in [0.29, 0.717) is 24.3 Å². The van der Waals surface area contributed by atoms with Crippen molar-refractivity contribution >= 4 is 5.69 Å². The van der Waals surface area contributed by atoms with Crippen LogP contribution in [0.3, 0.4) is 0 Å². The summed E-state index contributed by atoms with van der Waals surface area (Å²) in [6, 6.07) is 6.77. The van der Waals surface area contributed by atoms with E-state index in [9.17, 15) is 26.3 Å². The average molecular weight is 375 g/mol. The first kappa shape index (κ1) is 18.4. The van der Waals surface area contributed by atoms with Crippen molar-refractivity contribution in [1.29, 1.82) is 0 Å². The summed E-state index contributed by atoms with van der Waals surface area (Å²) in [7, 11) is 1.90. The van der Waals surface area contributed by atoms with Gasteiger partial charge in [-0.25, -0.2) is 0 Å². The quantitative estimate of drug-likeness (QED) is 0.676. The molecule has 3 rings (SSSR count). The number of likely N-dealkylation sites (N-methyl/N-ethyl adjacent to an activating group) is 1. The molecule has 0 saturated carbocycles. The van der Waals surface area contributed by atoms with Crippen molar-refractivity contribution < 1.29 is 31.1 Å². The van der Waals surface area contributed by atoms with Gasteiger partial charge in [0.05, 0.1) is 11.1 Å². The minimum absolute atomic E-state index is 0.110. The number of nitrogens with zero attached hydrogens (tertiary/aromatic N) is 1. The summed E-state index contributed by atoms with van der Waals surface area (Å²) in [4.78, 5) is 2.01. The first-order valence-corrected chi connectivity index (χ1v) is 7.80. The SMILES string of the molecule is CN1CCc2c(OCc3cc(C(F)(F)F)cc(C(F)(F)F)c3)cccc21. The lowest BCUT2D eigenvalue weighted by molar-refractivity contribution is -0.143. The van der Waals surface area contributed by atoms with Crippen LogP contribution < -0.4 is 9.64 Å². The Morgan fingerprint density at radius 2 is 1.58 bits per heavy atom. The lowest BCUT2D eigenvalue weighted by Gasteiger charge is -2.16. The number of hydrogen-bond donors (Lipinski definition) is 0. The molecule has 1 heterocycles. The summed E-state index contributed by atoms with van der Waals surface area (Å²) in [5.41, 5.74) is -1.02. The van der Waals surface area contributed by atoms with Crippen LogP contribution in [0.15, 0.2) is 36.4 Å². The van der Waals surface area contributed by atoms with Gasteiger partial charge in [0.2, 0.25) is 0 Å². The molecule has 0 saturated heterocycles. The number of fused-ring (bicyclic) bond motifs is 1. The second-order valence-corrected chi connectivity index (χ2v) is 6.13. The minimum atomic E-state index is -4.87. The standard InChI is InChI=1S/C18H15F6NO/c1-25-6-5-14-15(25)3-2-4-16(14)26-10-11-7-12(17(19,20)21)9-13(8-11)18(22,23)24/h2-4,7-9H,5-6,10H2,1H3. The molecule has 2 aromatic carbocycles. The van der Waals surface area contributed by atoms with Crippen LogP contribution in [0.2, 0.25) is 0 Å². The summed E-state index contributed by atoms with van der Waals surface area (Å²) in [5.74, 6) is 0.470. The van der Waals surface area contributed by atoms with Gasteiger partial charge in [0.15, 0.2) is 0 Å². The van der Waals surface area contributed by atoms with E-state index in [1.807, 2.05) is 18.0 Å². The molecule has 2 nitrogen and oxygen atoms in total. The van der Waals surface area contributed by atoms with Gasteiger partial charge in [-0.1, -0.05) is 6.07 Å². The maximum Gasteiger partial charge on any atom is 0.416 e. The zero-order valence-corrected chi connectivity index (χ0v) is 13.7. The van der Waals surface area contributed by atoms with Crippen LogP contribution in [-0.4, -0.2) is 13.6 Å². The van der Waals surface area contributed by atoms with Crippen molar-refractivity contribution in [3.8, 4) is 5.75 Å². The van der Waals surface area contributed by atoms with Crippen molar-refractivity contribution in [2.45, 2.75) is 25.4 Å². The summed E-state index contributed by atoms with van der Waals surface area (Å²) >= 11 is 0. The number of anilines is 1. The van der Waals surface area contributed by atoms with Crippen molar-refractivity contribution in [2.75, 3.05) is 18.5 Å². The van der Waals surface area contributed by atoms with Gasteiger partial charge < -0.3 is 9.64 Å². The summed E-state index contributed by atoms with van der Waals surface area (Å²) in [6.45, 7) is 0.394. The number of halogens is 6. The smallest absolute Gasteiger partial charge is 0.416 e. The molecule has 2 aromatic rings. The maximum absolute atomic E-state index is 12.9. The third kappa shape index (κ3) is 3.73. The molecule has 0 unspecified atom stereocenters. The van der Waals surface area contributed by atoms with E-state index < -0.39 is 23.5 Å². The van der Waals surface area contributed by atoms with E-state index in [1.165, 1.54) is 0 Å². The molecule has 0 fully saturated rings. The van der Waals surface area contributed by atoms with Gasteiger partial charge >= 0.3 is 12.4 Å². The van der Waals surface area contributed by atoms with Crippen LogP contribution in [0, 0.1) is 0 Å². The van der Waals surface area contributed by atoms with Gasteiger partial charge in [0, 0.05) is 24.8 Å². The minimum Gasteiger partial charge on any atom is -0.489 e. The Labute approximate surface area is 146 Å². The molecule has 0 radical (unpaired) electrons.